The molecule has 140 valence electrons. The zero-order valence-corrected chi connectivity index (χ0v) is 15.8. The zero-order chi connectivity index (χ0) is 19.2. The maximum Gasteiger partial charge on any atom is 0.251 e. The van der Waals surface area contributed by atoms with Crippen LogP contribution in [0.2, 0.25) is 0 Å². The molecule has 7 nitrogen and oxygen atoms in total. The Hall–Kier alpha value is -3.35. The van der Waals surface area contributed by atoms with Crippen molar-refractivity contribution in [3.63, 3.8) is 0 Å². The third-order valence-electron chi connectivity index (χ3n) is 4.03. The number of amides is 1. The molecule has 2 N–H and O–H groups in total. The van der Waals surface area contributed by atoms with Crippen molar-refractivity contribution in [1.82, 2.24) is 19.9 Å². The van der Waals surface area contributed by atoms with E-state index >= 15 is 0 Å². The number of aromatic nitrogens is 3. The molecule has 3 rings (SSSR count). The summed E-state index contributed by atoms with van der Waals surface area (Å²) in [7, 11) is 3.88. The van der Waals surface area contributed by atoms with Gasteiger partial charge in [0.25, 0.3) is 5.91 Å². The summed E-state index contributed by atoms with van der Waals surface area (Å²) < 4.78 is 2.00. The van der Waals surface area contributed by atoms with Crippen LogP contribution in [0, 0.1) is 6.92 Å². The van der Waals surface area contributed by atoms with E-state index in [1.165, 1.54) is 0 Å². The molecule has 0 saturated carbocycles. The average molecular weight is 364 g/mol. The van der Waals surface area contributed by atoms with Crippen LogP contribution >= 0.6 is 0 Å². The molecule has 0 spiro atoms. The van der Waals surface area contributed by atoms with Crippen LogP contribution in [0.1, 0.15) is 16.2 Å². The normalized spacial score (nSPS) is 10.5. The van der Waals surface area contributed by atoms with Crippen LogP contribution in [0.15, 0.2) is 54.9 Å². The number of carbonyl (C=O) groups excluding carboxylic acids is 1. The lowest BCUT2D eigenvalue weighted by Gasteiger charge is -2.14. The van der Waals surface area contributed by atoms with Crippen LogP contribution in [0.4, 0.5) is 11.6 Å². The molecule has 0 unspecified atom stereocenters. The second-order valence-corrected chi connectivity index (χ2v) is 6.37. The van der Waals surface area contributed by atoms with Crippen molar-refractivity contribution >= 4 is 17.5 Å². The number of benzene rings is 1. The Bertz CT molecular complexity index is 887. The SMILES string of the molecule is Cc1nc(NCCNC(=O)c2ccc(-n3cccc3)cc2)cc(N(C)C)n1. The van der Waals surface area contributed by atoms with Gasteiger partial charge in [0.2, 0.25) is 0 Å². The Balaban J connectivity index is 1.50. The summed E-state index contributed by atoms with van der Waals surface area (Å²) in [6.45, 7) is 2.94. The van der Waals surface area contributed by atoms with Crippen molar-refractivity contribution in [1.29, 1.82) is 0 Å². The average Bonchev–Trinajstić information content (AvgIpc) is 3.19. The van der Waals surface area contributed by atoms with Crippen molar-refractivity contribution in [2.24, 2.45) is 0 Å². The van der Waals surface area contributed by atoms with Gasteiger partial charge in [-0.2, -0.15) is 0 Å². The topological polar surface area (TPSA) is 75.1 Å². The molecule has 2 heterocycles. The lowest BCUT2D eigenvalue weighted by molar-refractivity contribution is 0.0955. The van der Waals surface area contributed by atoms with Crippen LogP contribution in [0.5, 0.6) is 0 Å². The molecule has 0 radical (unpaired) electrons. The molecule has 27 heavy (non-hydrogen) atoms. The minimum absolute atomic E-state index is 0.0938. The standard InChI is InChI=1S/C20H24N6O/c1-15-23-18(14-19(24-15)25(2)3)21-10-11-22-20(27)16-6-8-17(9-7-16)26-12-4-5-13-26/h4-9,12-14H,10-11H2,1-3H3,(H,22,27)(H,21,23,24). The number of hydrogen-bond acceptors (Lipinski definition) is 5. The first-order valence-corrected chi connectivity index (χ1v) is 8.81. The predicted molar refractivity (Wildman–Crippen MR) is 108 cm³/mol. The summed E-state index contributed by atoms with van der Waals surface area (Å²) in [6.07, 6.45) is 3.94. The van der Waals surface area contributed by atoms with Crippen molar-refractivity contribution < 1.29 is 4.79 Å². The Morgan fingerprint density at radius 2 is 1.78 bits per heavy atom. The summed E-state index contributed by atoms with van der Waals surface area (Å²) in [5.41, 5.74) is 1.66. The fourth-order valence-corrected chi connectivity index (χ4v) is 2.63. The van der Waals surface area contributed by atoms with E-state index in [-0.39, 0.29) is 5.91 Å². The Kier molecular flexibility index (Phi) is 5.71. The first-order valence-electron chi connectivity index (χ1n) is 8.81. The highest BCUT2D eigenvalue weighted by Gasteiger charge is 2.06. The lowest BCUT2D eigenvalue weighted by atomic mass is 10.2. The van der Waals surface area contributed by atoms with Crippen LogP contribution in [-0.4, -0.2) is 47.6 Å². The molecule has 0 aliphatic carbocycles. The van der Waals surface area contributed by atoms with E-state index in [4.69, 9.17) is 0 Å². The molecule has 2 aromatic heterocycles. The van der Waals surface area contributed by atoms with Gasteiger partial charge in [0.1, 0.15) is 17.5 Å². The zero-order valence-electron chi connectivity index (χ0n) is 15.8. The molecule has 0 saturated heterocycles. The van der Waals surface area contributed by atoms with Gasteiger partial charge < -0.3 is 20.1 Å². The van der Waals surface area contributed by atoms with Crippen molar-refractivity contribution in [2.75, 3.05) is 37.4 Å². The van der Waals surface area contributed by atoms with Crippen LogP contribution in [0.3, 0.4) is 0 Å². The minimum atomic E-state index is -0.0938. The van der Waals surface area contributed by atoms with Gasteiger partial charge in [-0.05, 0) is 43.3 Å². The van der Waals surface area contributed by atoms with Gasteiger partial charge in [-0.1, -0.05) is 0 Å². The molecule has 3 aromatic rings. The fraction of sp³-hybridized carbons (Fsp3) is 0.250. The van der Waals surface area contributed by atoms with Crippen LogP contribution in [0.25, 0.3) is 5.69 Å². The van der Waals surface area contributed by atoms with Crippen molar-refractivity contribution in [3.8, 4) is 5.69 Å². The summed E-state index contributed by atoms with van der Waals surface area (Å²) in [5.74, 6) is 2.20. The summed E-state index contributed by atoms with van der Waals surface area (Å²) >= 11 is 0. The Morgan fingerprint density at radius 3 is 2.44 bits per heavy atom. The van der Waals surface area contributed by atoms with E-state index in [2.05, 4.69) is 20.6 Å². The van der Waals surface area contributed by atoms with Crippen molar-refractivity contribution in [3.05, 3.63) is 66.2 Å². The van der Waals surface area contributed by atoms with E-state index in [1.54, 1.807) is 0 Å². The highest BCUT2D eigenvalue weighted by molar-refractivity contribution is 5.94. The quantitative estimate of drug-likeness (QED) is 0.630. The predicted octanol–water partition coefficient (Wildman–Crippen LogP) is 2.48. The van der Waals surface area contributed by atoms with Crippen LogP contribution < -0.4 is 15.5 Å². The second kappa shape index (κ2) is 8.35. The van der Waals surface area contributed by atoms with E-state index in [9.17, 15) is 4.79 Å². The number of anilines is 2. The highest BCUT2D eigenvalue weighted by atomic mass is 16.1. The molecular weight excluding hydrogens is 340 g/mol. The molecule has 0 aliphatic rings. The number of carbonyl (C=O) groups is 1. The van der Waals surface area contributed by atoms with Gasteiger partial charge in [-0.3, -0.25) is 4.79 Å². The van der Waals surface area contributed by atoms with Gasteiger partial charge in [-0.25, -0.2) is 9.97 Å². The first-order chi connectivity index (χ1) is 13.0. The van der Waals surface area contributed by atoms with Gasteiger partial charge in [0, 0.05) is 56.9 Å². The third-order valence-corrected chi connectivity index (χ3v) is 4.03. The summed E-state index contributed by atoms with van der Waals surface area (Å²) in [6, 6.07) is 13.3. The molecule has 0 fully saturated rings. The van der Waals surface area contributed by atoms with E-state index in [1.807, 2.05) is 85.3 Å². The van der Waals surface area contributed by atoms with Gasteiger partial charge in [0.05, 0.1) is 0 Å². The lowest BCUT2D eigenvalue weighted by Crippen LogP contribution is -2.29. The minimum Gasteiger partial charge on any atom is -0.368 e. The third kappa shape index (κ3) is 4.84. The number of nitrogens with zero attached hydrogens (tertiary/aromatic N) is 4. The van der Waals surface area contributed by atoms with E-state index < -0.39 is 0 Å². The first kappa shape index (κ1) is 18.4. The molecule has 0 bridgehead atoms. The van der Waals surface area contributed by atoms with Gasteiger partial charge in [-0.15, -0.1) is 0 Å². The molecule has 7 heteroatoms. The smallest absolute Gasteiger partial charge is 0.251 e. The summed E-state index contributed by atoms with van der Waals surface area (Å²) in [4.78, 5) is 22.9. The van der Waals surface area contributed by atoms with Crippen molar-refractivity contribution in [2.45, 2.75) is 6.92 Å². The maximum atomic E-state index is 12.3. The number of aryl methyl sites for hydroxylation is 1. The second-order valence-electron chi connectivity index (χ2n) is 6.37. The monoisotopic (exact) mass is 364 g/mol. The molecular formula is C20H24N6O. The number of nitrogens with one attached hydrogen (secondary N) is 2. The summed E-state index contributed by atoms with van der Waals surface area (Å²) in [5, 5.41) is 6.13. The van der Waals surface area contributed by atoms with E-state index in [0.29, 0.717) is 24.5 Å². The van der Waals surface area contributed by atoms with Crippen LogP contribution in [-0.2, 0) is 0 Å². The van der Waals surface area contributed by atoms with E-state index in [0.717, 1.165) is 17.3 Å². The number of rotatable bonds is 7. The molecule has 0 atom stereocenters. The largest absolute Gasteiger partial charge is 0.368 e. The fourth-order valence-electron chi connectivity index (χ4n) is 2.63. The molecule has 0 aliphatic heterocycles. The molecule has 1 aromatic carbocycles. The Labute approximate surface area is 159 Å². The molecule has 1 amide bonds. The highest BCUT2D eigenvalue weighted by Crippen LogP contribution is 2.13. The Morgan fingerprint density at radius 1 is 1.07 bits per heavy atom. The number of hydrogen-bond donors (Lipinski definition) is 2. The van der Waals surface area contributed by atoms with Gasteiger partial charge in [0.15, 0.2) is 0 Å². The van der Waals surface area contributed by atoms with Gasteiger partial charge >= 0.3 is 0 Å². The maximum absolute atomic E-state index is 12.3.